The number of amides is 1. The fourth-order valence-corrected chi connectivity index (χ4v) is 18.5. The Morgan fingerprint density at radius 3 is 2.30 bits per heavy atom. The zero-order valence-electron chi connectivity index (χ0n) is 47.4. The summed E-state index contributed by atoms with van der Waals surface area (Å²) in [6.07, 6.45) is 10.5. The van der Waals surface area contributed by atoms with Crippen LogP contribution in [0.25, 0.3) is 0 Å². The van der Waals surface area contributed by atoms with E-state index in [0.29, 0.717) is 82.7 Å². The number of hydrogen-bond acceptors (Lipinski definition) is 12. The largest absolute Gasteiger partial charge is 0.445 e. The van der Waals surface area contributed by atoms with Gasteiger partial charge in [-0.2, -0.15) is 0 Å². The van der Waals surface area contributed by atoms with Crippen molar-refractivity contribution in [2.24, 2.45) is 29.1 Å². The fraction of sp³-hybridized carbons (Fsp3) is 0.862. The molecule has 13 nitrogen and oxygen atoms in total. The number of rotatable bonds is 16. The Balaban J connectivity index is 1.32. The Labute approximate surface area is 442 Å². The van der Waals surface area contributed by atoms with Crippen LogP contribution in [0.15, 0.2) is 36.5 Å². The maximum atomic E-state index is 15.9. The number of ether oxygens (including phenoxy) is 6. The van der Waals surface area contributed by atoms with Crippen LogP contribution < -0.4 is 5.32 Å². The number of alkyl carbamates (subject to hydrolysis) is 1. The lowest BCUT2D eigenvalue weighted by molar-refractivity contribution is -0.400. The Hall–Kier alpha value is -1.77. The molecule has 1 aliphatic carbocycles. The van der Waals surface area contributed by atoms with Crippen LogP contribution in [0.4, 0.5) is 4.79 Å². The minimum absolute atomic E-state index is 0.0191. The summed E-state index contributed by atoms with van der Waals surface area (Å²) in [5, 5.41) is 24.7. The van der Waals surface area contributed by atoms with Crippen molar-refractivity contribution in [3.8, 4) is 0 Å². The van der Waals surface area contributed by atoms with Crippen LogP contribution >= 0.6 is 0 Å². The van der Waals surface area contributed by atoms with Crippen LogP contribution in [0.2, 0.25) is 36.3 Å². The van der Waals surface area contributed by atoms with Gasteiger partial charge in [-0.1, -0.05) is 93.2 Å². The third-order valence-electron chi connectivity index (χ3n) is 19.9. The molecule has 6 aliphatic heterocycles. The summed E-state index contributed by atoms with van der Waals surface area (Å²) < 4.78 is 57.8. The molecule has 6 saturated heterocycles. The van der Waals surface area contributed by atoms with Gasteiger partial charge in [0.05, 0.1) is 37.1 Å². The highest BCUT2D eigenvalue weighted by molar-refractivity contribution is 6.74. The molecule has 7 bridgehead atoms. The predicted octanol–water partition coefficient (Wildman–Crippen LogP) is 12.0. The molecule has 6 fully saturated rings. The number of carbonyl (C=O) groups is 2. The van der Waals surface area contributed by atoms with Crippen LogP contribution in [0.1, 0.15) is 172 Å². The topological polar surface area (TPSA) is 160 Å². The minimum Gasteiger partial charge on any atom is -0.445 e. The second kappa shape index (κ2) is 22.9. The molecule has 0 aromatic rings. The van der Waals surface area contributed by atoms with Gasteiger partial charge in [0.15, 0.2) is 34.0 Å². The van der Waals surface area contributed by atoms with Crippen molar-refractivity contribution in [1.29, 1.82) is 0 Å². The Bertz CT molecular complexity index is 1980. The van der Waals surface area contributed by atoms with Gasteiger partial charge in [0.25, 0.3) is 0 Å². The molecule has 6 heterocycles. The Morgan fingerprint density at radius 1 is 0.918 bits per heavy atom. The van der Waals surface area contributed by atoms with E-state index in [4.69, 9.17) is 37.3 Å². The highest BCUT2D eigenvalue weighted by atomic mass is 28.4. The number of ketones is 1. The lowest BCUT2D eigenvalue weighted by Crippen LogP contribution is -2.65. The Morgan fingerprint density at radius 2 is 1.63 bits per heavy atom. The van der Waals surface area contributed by atoms with Gasteiger partial charge in [0, 0.05) is 56.4 Å². The molecule has 73 heavy (non-hydrogen) atoms. The summed E-state index contributed by atoms with van der Waals surface area (Å²) in [4.78, 5) is 28.5. The van der Waals surface area contributed by atoms with Gasteiger partial charge in [-0.15, -0.1) is 0 Å². The normalized spacial score (nSPS) is 38.7. The van der Waals surface area contributed by atoms with Gasteiger partial charge in [-0.25, -0.2) is 4.79 Å². The first-order chi connectivity index (χ1) is 34.3. The van der Waals surface area contributed by atoms with E-state index < -0.39 is 81.9 Å². The smallest absolute Gasteiger partial charge is 0.407 e. The van der Waals surface area contributed by atoms with Crippen molar-refractivity contribution in [1.82, 2.24) is 5.32 Å². The SMILES string of the molecule is C=CCOC(=O)NC[C@H](C)[C@@H](C)C[C@@]12CCC([C@@H](O)CO)=C[C@@H]1[C@@H]1O[C@]3(C[C@H]4CCC[C@@]5(CC[C@@]6(O[C@@H](CC[C@@]6(C)O[Si](CC)(CC)CC)CC(=C)CCCC2=O)O5)O4)C[C@@H](C)[C@@H](O[Si](C)(C)C(C)(C)C)[C@@H]1O3. The molecule has 15 heteroatoms. The van der Waals surface area contributed by atoms with E-state index in [2.05, 4.69) is 107 Å². The number of carbonyl (C=O) groups excluding carboxylic acids is 2. The standard InChI is InChI=1S/C58H99NO12Si2/c1-15-31-64-52(63)59-37-42(8)40(6)34-55-28-24-43(47(61)38-60)33-46(55)50-51-49(69-72(13,14)53(9,10)11)41(7)35-57(67-50,68-51)36-45-22-20-26-56(65-45)29-30-58(70-56)54(12,71-73(16-2,17-3)18-4)27-25-44(66-58)32-39(5)21-19-23-48(55)62/h15,33,40-42,44-47,49-51,60-61H,1,5,16-32,34-38H2,2-4,6-14H3,(H,59,63)/t40-,41+,42-,44-,45+,46+,47-,49+,50-,51-,54+,55-,56+,57+,58+/m0/s1. The van der Waals surface area contributed by atoms with Gasteiger partial charge in [-0.05, 0) is 131 Å². The van der Waals surface area contributed by atoms with E-state index in [1.54, 1.807) is 6.08 Å². The zero-order valence-corrected chi connectivity index (χ0v) is 49.4. The number of hydrogen-bond donors (Lipinski definition) is 3. The van der Waals surface area contributed by atoms with E-state index >= 15 is 4.79 Å². The molecule has 0 saturated carbocycles. The van der Waals surface area contributed by atoms with Crippen molar-refractivity contribution in [3.63, 3.8) is 0 Å². The van der Waals surface area contributed by atoms with Crippen molar-refractivity contribution < 1.29 is 57.1 Å². The first kappa shape index (κ1) is 58.9. The van der Waals surface area contributed by atoms with Crippen LogP contribution in [0, 0.1) is 29.1 Å². The lowest BCUT2D eigenvalue weighted by Gasteiger charge is -2.55. The molecule has 7 rings (SSSR count). The number of Topliss-reactive ketones (excluding diaryl/α,β-unsaturated/α-hetero) is 1. The summed E-state index contributed by atoms with van der Waals surface area (Å²) in [6, 6.07) is 3.09. The quantitative estimate of drug-likeness (QED) is 0.0993. The van der Waals surface area contributed by atoms with E-state index in [-0.39, 0.29) is 53.5 Å². The molecule has 416 valence electrons. The second-order valence-corrected chi connectivity index (χ2v) is 35.3. The van der Waals surface area contributed by atoms with Crippen molar-refractivity contribution >= 4 is 28.5 Å². The van der Waals surface area contributed by atoms with Crippen LogP contribution in [-0.4, -0.2) is 118 Å². The minimum atomic E-state index is -2.39. The summed E-state index contributed by atoms with van der Waals surface area (Å²) in [6.45, 7) is 35.3. The number of aliphatic hydroxyl groups is 2. The first-order valence-corrected chi connectivity index (χ1v) is 34.2. The highest BCUT2D eigenvalue weighted by Gasteiger charge is 2.68. The molecule has 3 spiro atoms. The predicted molar refractivity (Wildman–Crippen MR) is 290 cm³/mol. The Kier molecular flexibility index (Phi) is 18.5. The molecule has 0 aromatic heterocycles. The summed E-state index contributed by atoms with van der Waals surface area (Å²) in [5.41, 5.74) is 0.178. The molecule has 7 aliphatic rings. The van der Waals surface area contributed by atoms with Crippen molar-refractivity contribution in [3.05, 3.63) is 36.5 Å². The van der Waals surface area contributed by atoms with Gasteiger partial charge in [-0.3, -0.25) is 4.79 Å². The van der Waals surface area contributed by atoms with Gasteiger partial charge >= 0.3 is 6.09 Å². The average molecular weight is 1060 g/mol. The molecular weight excluding hydrogens is 959 g/mol. The van der Waals surface area contributed by atoms with Crippen LogP contribution in [0.5, 0.6) is 0 Å². The summed E-state index contributed by atoms with van der Waals surface area (Å²) in [5.74, 6) is -3.27. The van der Waals surface area contributed by atoms with Crippen LogP contribution in [0.3, 0.4) is 0 Å². The maximum absolute atomic E-state index is 15.9. The van der Waals surface area contributed by atoms with Gasteiger partial charge in [0.2, 0.25) is 0 Å². The van der Waals surface area contributed by atoms with Crippen molar-refractivity contribution in [2.45, 2.75) is 268 Å². The molecule has 15 atom stereocenters. The number of nitrogens with one attached hydrogen (secondary N) is 1. The number of aliphatic hydroxyl groups excluding tert-OH is 2. The first-order valence-electron chi connectivity index (χ1n) is 28.8. The highest BCUT2D eigenvalue weighted by Crippen LogP contribution is 2.60. The monoisotopic (exact) mass is 1060 g/mol. The summed E-state index contributed by atoms with van der Waals surface area (Å²) in [7, 11) is -4.51. The van der Waals surface area contributed by atoms with E-state index in [1.807, 2.05) is 0 Å². The third-order valence-corrected chi connectivity index (χ3v) is 29.1. The molecule has 0 aromatic carbocycles. The third kappa shape index (κ3) is 12.1. The molecule has 0 unspecified atom stereocenters. The lowest BCUT2D eigenvalue weighted by atomic mass is 9.57. The van der Waals surface area contributed by atoms with Gasteiger partial charge in [0.1, 0.15) is 24.1 Å². The summed E-state index contributed by atoms with van der Waals surface area (Å²) >= 11 is 0. The van der Waals surface area contributed by atoms with Gasteiger partial charge < -0.3 is 52.8 Å². The molecule has 1 amide bonds. The van der Waals surface area contributed by atoms with Crippen LogP contribution in [-0.2, 0) is 42.1 Å². The fourth-order valence-electron chi connectivity index (χ4n) is 13.9. The average Bonchev–Trinajstić information content (AvgIpc) is 3.85. The van der Waals surface area contributed by atoms with Crippen molar-refractivity contribution in [2.75, 3.05) is 19.8 Å². The molecule has 0 radical (unpaired) electrons. The van der Waals surface area contributed by atoms with E-state index in [0.717, 1.165) is 55.8 Å². The second-order valence-electron chi connectivity index (χ2n) is 25.8. The zero-order chi connectivity index (χ0) is 53.4. The molecule has 3 N–H and O–H groups in total. The molecular formula is C58H99NO12Si2. The van der Waals surface area contributed by atoms with E-state index in [9.17, 15) is 15.0 Å². The number of fused-ring (bicyclic) bond motifs is 7. The maximum Gasteiger partial charge on any atom is 0.407 e. The van der Waals surface area contributed by atoms with E-state index in [1.165, 1.54) is 0 Å².